The predicted octanol–water partition coefficient (Wildman–Crippen LogP) is 2.27. The van der Waals surface area contributed by atoms with E-state index < -0.39 is 0 Å². The second kappa shape index (κ2) is 7.55. The highest BCUT2D eigenvalue weighted by atomic mass is 32.1. The van der Waals surface area contributed by atoms with Crippen LogP contribution in [0.15, 0.2) is 58.7 Å². The van der Waals surface area contributed by atoms with Gasteiger partial charge in [-0.3, -0.25) is 9.59 Å². The van der Waals surface area contributed by atoms with Gasteiger partial charge in [0.1, 0.15) is 5.69 Å². The van der Waals surface area contributed by atoms with Crippen LogP contribution in [0.25, 0.3) is 10.6 Å². The number of hydrogen-bond acceptors (Lipinski definition) is 5. The Morgan fingerprint density at radius 3 is 2.68 bits per heavy atom. The highest BCUT2D eigenvalue weighted by molar-refractivity contribution is 7.13. The third kappa shape index (κ3) is 4.00. The van der Waals surface area contributed by atoms with Crippen LogP contribution in [-0.2, 0) is 6.54 Å². The highest BCUT2D eigenvalue weighted by Gasteiger charge is 2.07. The van der Waals surface area contributed by atoms with Gasteiger partial charge in [0.15, 0.2) is 0 Å². The van der Waals surface area contributed by atoms with E-state index in [0.717, 1.165) is 10.6 Å². The topological polar surface area (TPSA) is 87.8 Å². The lowest BCUT2D eigenvalue weighted by molar-refractivity contribution is 0.0952. The van der Waals surface area contributed by atoms with Crippen LogP contribution in [0.2, 0.25) is 0 Å². The summed E-state index contributed by atoms with van der Waals surface area (Å²) in [5, 5.41) is 17.8. The molecule has 0 aliphatic heterocycles. The van der Waals surface area contributed by atoms with Crippen LogP contribution >= 0.6 is 11.3 Å². The number of nitriles is 1. The number of benzene rings is 1. The van der Waals surface area contributed by atoms with Gasteiger partial charge in [0.25, 0.3) is 11.5 Å². The Balaban J connectivity index is 1.63. The maximum atomic E-state index is 12.1. The Morgan fingerprint density at radius 1 is 1.20 bits per heavy atom. The van der Waals surface area contributed by atoms with Crippen molar-refractivity contribution in [2.75, 3.05) is 6.54 Å². The Labute approximate surface area is 148 Å². The Hall–Kier alpha value is -3.24. The highest BCUT2D eigenvalue weighted by Crippen LogP contribution is 2.20. The van der Waals surface area contributed by atoms with Crippen LogP contribution < -0.4 is 10.9 Å². The van der Waals surface area contributed by atoms with E-state index in [1.807, 2.05) is 23.6 Å². The predicted molar refractivity (Wildman–Crippen MR) is 95.3 cm³/mol. The van der Waals surface area contributed by atoms with Crippen LogP contribution in [0.3, 0.4) is 0 Å². The number of nitrogens with zero attached hydrogens (tertiary/aromatic N) is 3. The quantitative estimate of drug-likeness (QED) is 0.765. The molecule has 0 bridgehead atoms. The largest absolute Gasteiger partial charge is 0.350 e. The summed E-state index contributed by atoms with van der Waals surface area (Å²) in [6.45, 7) is 0.555. The van der Waals surface area contributed by atoms with Gasteiger partial charge < -0.3 is 5.32 Å². The van der Waals surface area contributed by atoms with E-state index >= 15 is 0 Å². The summed E-state index contributed by atoms with van der Waals surface area (Å²) >= 11 is 1.55. The first-order valence-electron chi connectivity index (χ1n) is 7.58. The Morgan fingerprint density at radius 2 is 2.00 bits per heavy atom. The molecule has 2 heterocycles. The molecule has 0 saturated carbocycles. The second-order valence-electron chi connectivity index (χ2n) is 5.20. The molecule has 3 rings (SSSR count). The number of thiophene rings is 1. The van der Waals surface area contributed by atoms with Crippen LogP contribution in [0.5, 0.6) is 0 Å². The van der Waals surface area contributed by atoms with Gasteiger partial charge in [0.2, 0.25) is 0 Å². The lowest BCUT2D eigenvalue weighted by Crippen LogP contribution is -2.31. The molecule has 0 fully saturated rings. The molecule has 6 nitrogen and oxygen atoms in total. The average Bonchev–Trinajstić information content (AvgIpc) is 3.18. The standard InChI is InChI=1S/C18H14N4O2S/c19-12-13-3-5-14(6-4-13)18(24)20-9-10-22-17(23)8-7-15(21-22)16-2-1-11-25-16/h1-8,11H,9-10H2,(H,20,24). The minimum Gasteiger partial charge on any atom is -0.350 e. The van der Waals surface area contributed by atoms with Crippen molar-refractivity contribution in [1.82, 2.24) is 15.1 Å². The molecule has 1 aromatic carbocycles. The third-order valence-electron chi connectivity index (χ3n) is 3.53. The van der Waals surface area contributed by atoms with Gasteiger partial charge in [-0.05, 0) is 41.8 Å². The first-order chi connectivity index (χ1) is 12.2. The van der Waals surface area contributed by atoms with Crippen LogP contribution in [0.4, 0.5) is 0 Å². The average molecular weight is 350 g/mol. The molecule has 0 unspecified atom stereocenters. The van der Waals surface area contributed by atoms with Gasteiger partial charge in [-0.2, -0.15) is 10.4 Å². The summed E-state index contributed by atoms with van der Waals surface area (Å²) in [6.07, 6.45) is 0. The molecule has 0 radical (unpaired) electrons. The molecule has 0 atom stereocenters. The maximum Gasteiger partial charge on any atom is 0.266 e. The van der Waals surface area contributed by atoms with Gasteiger partial charge in [0.05, 0.1) is 23.1 Å². The number of rotatable bonds is 5. The number of amides is 1. The van der Waals surface area contributed by atoms with Gasteiger partial charge in [0, 0.05) is 18.2 Å². The number of nitrogens with one attached hydrogen (secondary N) is 1. The summed E-state index contributed by atoms with van der Waals surface area (Å²) in [5.41, 5.74) is 1.48. The summed E-state index contributed by atoms with van der Waals surface area (Å²) in [5.74, 6) is -0.257. The molecule has 0 saturated heterocycles. The summed E-state index contributed by atoms with van der Waals surface area (Å²) in [4.78, 5) is 25.0. The smallest absolute Gasteiger partial charge is 0.266 e. The molecule has 3 aromatic rings. The zero-order valence-corrected chi connectivity index (χ0v) is 14.0. The van der Waals surface area contributed by atoms with Crippen molar-refractivity contribution in [3.05, 3.63) is 75.4 Å². The van der Waals surface area contributed by atoms with Crippen molar-refractivity contribution in [2.24, 2.45) is 0 Å². The second-order valence-corrected chi connectivity index (χ2v) is 6.15. The SMILES string of the molecule is N#Cc1ccc(C(=O)NCCn2nc(-c3cccs3)ccc2=O)cc1. The van der Waals surface area contributed by atoms with Crippen molar-refractivity contribution in [1.29, 1.82) is 5.26 Å². The molecular weight excluding hydrogens is 336 g/mol. The molecule has 0 spiro atoms. The molecule has 2 aromatic heterocycles. The Kier molecular flexibility index (Phi) is 5.02. The Bertz CT molecular complexity index is 970. The fourth-order valence-corrected chi connectivity index (χ4v) is 2.93. The third-order valence-corrected chi connectivity index (χ3v) is 4.42. The van der Waals surface area contributed by atoms with E-state index in [0.29, 0.717) is 11.1 Å². The van der Waals surface area contributed by atoms with Crippen molar-refractivity contribution in [3.8, 4) is 16.6 Å². The molecular formula is C18H14N4O2S. The van der Waals surface area contributed by atoms with Crippen molar-refractivity contribution < 1.29 is 4.79 Å². The minimum absolute atomic E-state index is 0.215. The lowest BCUT2D eigenvalue weighted by atomic mass is 10.1. The monoisotopic (exact) mass is 350 g/mol. The fourth-order valence-electron chi connectivity index (χ4n) is 2.24. The molecule has 1 N–H and O–H groups in total. The first kappa shape index (κ1) is 16.6. The molecule has 1 amide bonds. The molecule has 7 heteroatoms. The summed E-state index contributed by atoms with van der Waals surface area (Å²) in [7, 11) is 0. The lowest BCUT2D eigenvalue weighted by Gasteiger charge is -2.08. The maximum absolute atomic E-state index is 12.1. The van der Waals surface area contributed by atoms with Crippen LogP contribution in [-0.4, -0.2) is 22.2 Å². The number of carbonyl (C=O) groups excluding carboxylic acids is 1. The summed E-state index contributed by atoms with van der Waals surface area (Å²) in [6, 6.07) is 15.4. The van der Waals surface area contributed by atoms with E-state index in [2.05, 4.69) is 10.4 Å². The zero-order chi connectivity index (χ0) is 17.6. The van der Waals surface area contributed by atoms with Gasteiger partial charge in [-0.15, -0.1) is 11.3 Å². The minimum atomic E-state index is -0.257. The number of hydrogen-bond donors (Lipinski definition) is 1. The van der Waals surface area contributed by atoms with E-state index in [9.17, 15) is 9.59 Å². The van der Waals surface area contributed by atoms with Gasteiger partial charge in [-0.1, -0.05) is 6.07 Å². The molecule has 0 aliphatic rings. The van der Waals surface area contributed by atoms with Crippen LogP contribution in [0, 0.1) is 11.3 Å². The van der Waals surface area contributed by atoms with E-state index in [1.54, 1.807) is 41.7 Å². The number of carbonyl (C=O) groups is 1. The van der Waals surface area contributed by atoms with Crippen molar-refractivity contribution in [2.45, 2.75) is 6.54 Å². The molecule has 0 aliphatic carbocycles. The first-order valence-corrected chi connectivity index (χ1v) is 8.46. The molecule has 25 heavy (non-hydrogen) atoms. The summed E-state index contributed by atoms with van der Waals surface area (Å²) < 4.78 is 1.34. The van der Waals surface area contributed by atoms with Crippen LogP contribution in [0.1, 0.15) is 15.9 Å². The zero-order valence-electron chi connectivity index (χ0n) is 13.2. The van der Waals surface area contributed by atoms with E-state index in [1.165, 1.54) is 10.7 Å². The normalized spacial score (nSPS) is 10.2. The fraction of sp³-hybridized carbons (Fsp3) is 0.111. The van der Waals surface area contributed by atoms with Gasteiger partial charge >= 0.3 is 0 Å². The van der Waals surface area contributed by atoms with E-state index in [4.69, 9.17) is 5.26 Å². The van der Waals surface area contributed by atoms with E-state index in [-0.39, 0.29) is 24.6 Å². The molecule has 124 valence electrons. The van der Waals surface area contributed by atoms with Gasteiger partial charge in [-0.25, -0.2) is 4.68 Å². The number of aromatic nitrogens is 2. The van der Waals surface area contributed by atoms with Crippen molar-refractivity contribution in [3.63, 3.8) is 0 Å². The van der Waals surface area contributed by atoms with Crippen molar-refractivity contribution >= 4 is 17.2 Å².